The van der Waals surface area contributed by atoms with E-state index < -0.39 is 0 Å². The topological polar surface area (TPSA) is 52.6 Å². The second-order valence-corrected chi connectivity index (χ2v) is 7.02. The molecule has 0 saturated heterocycles. The normalized spacial score (nSPS) is 12.7. The SMILES string of the molecule is COc1cc(C=C2C(=O)c3ccccc3C2=O)ccc1OCc1ccc(Cl)cc1. The third-order valence-electron chi connectivity index (χ3n) is 4.71. The predicted molar refractivity (Wildman–Crippen MR) is 112 cm³/mol. The molecule has 0 bridgehead atoms. The van der Waals surface area contributed by atoms with Crippen molar-refractivity contribution < 1.29 is 19.1 Å². The number of carbonyl (C=O) groups excluding carboxylic acids is 2. The number of fused-ring (bicyclic) bond motifs is 1. The number of allylic oxidation sites excluding steroid dienone is 1. The van der Waals surface area contributed by atoms with E-state index in [9.17, 15) is 9.59 Å². The van der Waals surface area contributed by atoms with E-state index in [0.717, 1.165) is 5.56 Å². The predicted octanol–water partition coefficient (Wildman–Crippen LogP) is 5.39. The van der Waals surface area contributed by atoms with Crippen LogP contribution in [0.3, 0.4) is 0 Å². The van der Waals surface area contributed by atoms with E-state index >= 15 is 0 Å². The summed E-state index contributed by atoms with van der Waals surface area (Å²) in [6.07, 6.45) is 1.59. The Balaban J connectivity index is 1.57. The van der Waals surface area contributed by atoms with Crippen molar-refractivity contribution in [1.82, 2.24) is 0 Å². The van der Waals surface area contributed by atoms with E-state index in [4.69, 9.17) is 21.1 Å². The van der Waals surface area contributed by atoms with Gasteiger partial charge in [-0.1, -0.05) is 54.1 Å². The lowest BCUT2D eigenvalue weighted by Crippen LogP contribution is -2.01. The van der Waals surface area contributed by atoms with Gasteiger partial charge < -0.3 is 9.47 Å². The fraction of sp³-hybridized carbons (Fsp3) is 0.0833. The Hall–Kier alpha value is -3.37. The molecular weight excluding hydrogens is 388 g/mol. The maximum Gasteiger partial charge on any atom is 0.197 e. The van der Waals surface area contributed by atoms with E-state index in [1.54, 1.807) is 67.8 Å². The van der Waals surface area contributed by atoms with Crippen LogP contribution in [0.25, 0.3) is 6.08 Å². The number of hydrogen-bond donors (Lipinski definition) is 0. The van der Waals surface area contributed by atoms with Gasteiger partial charge in [0.05, 0.1) is 12.7 Å². The molecule has 3 aromatic carbocycles. The van der Waals surface area contributed by atoms with Crippen LogP contribution in [0.1, 0.15) is 31.8 Å². The minimum absolute atomic E-state index is 0.156. The van der Waals surface area contributed by atoms with Crippen molar-refractivity contribution in [2.75, 3.05) is 7.11 Å². The molecule has 0 saturated carbocycles. The van der Waals surface area contributed by atoms with E-state index in [1.165, 1.54) is 0 Å². The Bertz CT molecular complexity index is 1090. The van der Waals surface area contributed by atoms with Crippen molar-refractivity contribution in [2.45, 2.75) is 6.61 Å². The fourth-order valence-electron chi connectivity index (χ4n) is 3.21. The van der Waals surface area contributed by atoms with Crippen molar-refractivity contribution in [2.24, 2.45) is 0 Å². The zero-order valence-corrected chi connectivity index (χ0v) is 16.4. The van der Waals surface area contributed by atoms with E-state index in [1.807, 2.05) is 12.1 Å². The van der Waals surface area contributed by atoms with Gasteiger partial charge in [0.1, 0.15) is 6.61 Å². The standard InChI is InChI=1S/C24H17ClO4/c1-28-22-13-16(8-11-21(22)29-14-15-6-9-17(25)10-7-15)12-20-23(26)18-4-2-3-5-19(18)24(20)27/h2-13H,14H2,1H3. The molecule has 4 nitrogen and oxygen atoms in total. The zero-order valence-electron chi connectivity index (χ0n) is 15.6. The van der Waals surface area contributed by atoms with Crippen molar-refractivity contribution in [3.05, 3.63) is 99.6 Å². The van der Waals surface area contributed by atoms with Gasteiger partial charge in [-0.05, 0) is 41.5 Å². The largest absolute Gasteiger partial charge is 0.493 e. The monoisotopic (exact) mass is 404 g/mol. The van der Waals surface area contributed by atoms with Gasteiger partial charge in [0.25, 0.3) is 0 Å². The van der Waals surface area contributed by atoms with Gasteiger partial charge in [-0.3, -0.25) is 9.59 Å². The minimum atomic E-state index is -0.257. The van der Waals surface area contributed by atoms with Gasteiger partial charge in [0, 0.05) is 16.1 Å². The summed E-state index contributed by atoms with van der Waals surface area (Å²) in [5, 5.41) is 0.668. The molecule has 0 unspecified atom stereocenters. The molecule has 1 aliphatic carbocycles. The van der Waals surface area contributed by atoms with Gasteiger partial charge in [-0.25, -0.2) is 0 Å². The van der Waals surface area contributed by atoms with Gasteiger partial charge >= 0.3 is 0 Å². The van der Waals surface area contributed by atoms with E-state index in [2.05, 4.69) is 0 Å². The van der Waals surface area contributed by atoms with Crippen LogP contribution >= 0.6 is 11.6 Å². The van der Waals surface area contributed by atoms with Crippen molar-refractivity contribution in [3.63, 3.8) is 0 Å². The molecule has 144 valence electrons. The second kappa shape index (κ2) is 7.94. The summed E-state index contributed by atoms with van der Waals surface area (Å²) < 4.78 is 11.3. The lowest BCUT2D eigenvalue weighted by molar-refractivity contribution is 0.0990. The molecule has 4 rings (SSSR count). The van der Waals surface area contributed by atoms with Crippen molar-refractivity contribution >= 4 is 29.2 Å². The highest BCUT2D eigenvalue weighted by atomic mass is 35.5. The van der Waals surface area contributed by atoms with Crippen LogP contribution in [-0.2, 0) is 6.61 Å². The minimum Gasteiger partial charge on any atom is -0.493 e. The molecule has 1 aliphatic rings. The summed E-state index contributed by atoms with van der Waals surface area (Å²) in [6, 6.07) is 19.5. The molecule has 0 amide bonds. The summed E-state index contributed by atoms with van der Waals surface area (Å²) in [4.78, 5) is 25.1. The maximum atomic E-state index is 12.6. The summed E-state index contributed by atoms with van der Waals surface area (Å²) in [5.41, 5.74) is 2.70. The molecule has 0 spiro atoms. The second-order valence-electron chi connectivity index (χ2n) is 6.59. The zero-order chi connectivity index (χ0) is 20.4. The van der Waals surface area contributed by atoms with Crippen LogP contribution < -0.4 is 9.47 Å². The van der Waals surface area contributed by atoms with Crippen LogP contribution in [0.15, 0.2) is 72.3 Å². The molecule has 29 heavy (non-hydrogen) atoms. The number of benzene rings is 3. The first-order chi connectivity index (χ1) is 14.1. The number of hydrogen-bond acceptors (Lipinski definition) is 4. The highest BCUT2D eigenvalue weighted by Gasteiger charge is 2.32. The number of methoxy groups -OCH3 is 1. The quantitative estimate of drug-likeness (QED) is 0.422. The summed E-state index contributed by atoms with van der Waals surface area (Å²) >= 11 is 5.90. The number of ketones is 2. The average molecular weight is 405 g/mol. The lowest BCUT2D eigenvalue weighted by atomic mass is 10.1. The van der Waals surface area contributed by atoms with E-state index in [-0.39, 0.29) is 17.1 Å². The summed E-state index contributed by atoms with van der Waals surface area (Å²) in [5.74, 6) is 0.570. The number of ether oxygens (including phenoxy) is 2. The van der Waals surface area contributed by atoms with Crippen LogP contribution in [0.2, 0.25) is 5.02 Å². The number of Topliss-reactive ketones (excluding diaryl/α,β-unsaturated/α-hetero) is 2. The number of carbonyl (C=O) groups is 2. The molecule has 0 atom stereocenters. The Morgan fingerprint density at radius 3 is 2.14 bits per heavy atom. The van der Waals surface area contributed by atoms with Gasteiger partial charge in [0.2, 0.25) is 0 Å². The first-order valence-corrected chi connectivity index (χ1v) is 9.40. The number of halogens is 1. The van der Waals surface area contributed by atoms with Gasteiger partial charge in [0.15, 0.2) is 23.1 Å². The Kier molecular flexibility index (Phi) is 5.19. The van der Waals surface area contributed by atoms with Crippen LogP contribution in [0, 0.1) is 0 Å². The lowest BCUT2D eigenvalue weighted by Gasteiger charge is -2.11. The molecule has 0 heterocycles. The highest BCUT2D eigenvalue weighted by Crippen LogP contribution is 2.32. The highest BCUT2D eigenvalue weighted by molar-refractivity contribution is 6.41. The Morgan fingerprint density at radius 1 is 0.862 bits per heavy atom. The molecule has 0 radical (unpaired) electrons. The fourth-order valence-corrected chi connectivity index (χ4v) is 3.33. The molecule has 0 fully saturated rings. The van der Waals surface area contributed by atoms with Crippen molar-refractivity contribution in [3.8, 4) is 11.5 Å². The Labute approximate surface area is 173 Å². The summed E-state index contributed by atoms with van der Waals surface area (Å²) in [6.45, 7) is 0.361. The van der Waals surface area contributed by atoms with Gasteiger partial charge in [-0.15, -0.1) is 0 Å². The van der Waals surface area contributed by atoms with Crippen LogP contribution in [0.4, 0.5) is 0 Å². The van der Waals surface area contributed by atoms with Crippen LogP contribution in [-0.4, -0.2) is 18.7 Å². The summed E-state index contributed by atoms with van der Waals surface area (Å²) in [7, 11) is 1.54. The first kappa shape index (κ1) is 19.0. The van der Waals surface area contributed by atoms with Crippen LogP contribution in [0.5, 0.6) is 11.5 Å². The molecular formula is C24H17ClO4. The molecule has 0 aliphatic heterocycles. The molecule has 5 heteroatoms. The molecule has 3 aromatic rings. The molecule has 0 aromatic heterocycles. The first-order valence-electron chi connectivity index (χ1n) is 9.02. The molecule has 0 N–H and O–H groups in total. The van der Waals surface area contributed by atoms with E-state index in [0.29, 0.717) is 39.8 Å². The smallest absolute Gasteiger partial charge is 0.197 e. The van der Waals surface area contributed by atoms with Gasteiger partial charge in [-0.2, -0.15) is 0 Å². The maximum absolute atomic E-state index is 12.6. The Morgan fingerprint density at radius 2 is 1.52 bits per heavy atom. The average Bonchev–Trinajstić information content (AvgIpc) is 2.99. The number of rotatable bonds is 5. The third-order valence-corrected chi connectivity index (χ3v) is 4.96. The van der Waals surface area contributed by atoms with Crippen molar-refractivity contribution in [1.29, 1.82) is 0 Å². The third kappa shape index (κ3) is 3.80.